The van der Waals surface area contributed by atoms with Crippen LogP contribution in [0, 0.1) is 6.92 Å². The monoisotopic (exact) mass is 378 g/mol. The van der Waals surface area contributed by atoms with Crippen molar-refractivity contribution >= 4 is 5.82 Å². The van der Waals surface area contributed by atoms with Gasteiger partial charge in [-0.3, -0.25) is 0 Å². The molecule has 1 aliphatic heterocycles. The summed E-state index contributed by atoms with van der Waals surface area (Å²) in [6.45, 7) is 4.04. The summed E-state index contributed by atoms with van der Waals surface area (Å²) >= 11 is 0. The molecule has 0 atom stereocenters. The van der Waals surface area contributed by atoms with Crippen LogP contribution in [0.5, 0.6) is 0 Å². The van der Waals surface area contributed by atoms with Crippen LogP contribution in [0.2, 0.25) is 0 Å². The first kappa shape index (κ1) is 17.4. The van der Waals surface area contributed by atoms with E-state index < -0.39 is 0 Å². The fraction of sp³-hybridized carbons (Fsp3) is 0.524. The van der Waals surface area contributed by atoms with E-state index in [2.05, 4.69) is 31.6 Å². The molecule has 0 radical (unpaired) electrons. The van der Waals surface area contributed by atoms with Gasteiger partial charge >= 0.3 is 0 Å². The van der Waals surface area contributed by atoms with Crippen LogP contribution in [0.4, 0.5) is 5.82 Å². The van der Waals surface area contributed by atoms with Crippen molar-refractivity contribution in [2.45, 2.75) is 58.3 Å². The number of anilines is 1. The molecular formula is C21H26N6O. The highest BCUT2D eigenvalue weighted by Crippen LogP contribution is 2.43. The van der Waals surface area contributed by atoms with Crippen LogP contribution in [-0.2, 0) is 12.8 Å². The number of aromatic nitrogens is 5. The predicted octanol–water partition coefficient (Wildman–Crippen LogP) is 4.09. The Balaban J connectivity index is 1.80. The van der Waals surface area contributed by atoms with Crippen LogP contribution >= 0.6 is 0 Å². The molecule has 7 heteroatoms. The zero-order chi connectivity index (χ0) is 18.9. The molecular weight excluding hydrogens is 352 g/mol. The molecule has 1 fully saturated rings. The zero-order valence-electron chi connectivity index (χ0n) is 16.4. The van der Waals surface area contributed by atoms with E-state index >= 15 is 0 Å². The fourth-order valence-electron chi connectivity index (χ4n) is 4.57. The normalized spacial score (nSPS) is 17.4. The zero-order valence-corrected chi connectivity index (χ0v) is 16.4. The highest BCUT2D eigenvalue weighted by molar-refractivity contribution is 5.89. The Morgan fingerprint density at radius 2 is 1.79 bits per heavy atom. The molecule has 0 bridgehead atoms. The van der Waals surface area contributed by atoms with Gasteiger partial charge in [-0.15, -0.1) is 5.10 Å². The second-order valence-electron chi connectivity index (χ2n) is 7.88. The predicted molar refractivity (Wildman–Crippen MR) is 107 cm³/mol. The summed E-state index contributed by atoms with van der Waals surface area (Å²) in [6, 6.07) is 4.10. The quantitative estimate of drug-likeness (QED) is 0.691. The summed E-state index contributed by atoms with van der Waals surface area (Å²) in [5.41, 5.74) is 4.64. The average molecular weight is 378 g/mol. The molecule has 5 rings (SSSR count). The number of hydrogen-bond acceptors (Lipinski definition) is 6. The number of hydrogen-bond donors (Lipinski definition) is 1. The van der Waals surface area contributed by atoms with Crippen LogP contribution in [0.1, 0.15) is 55.5 Å². The highest BCUT2D eigenvalue weighted by Gasteiger charge is 2.29. The van der Waals surface area contributed by atoms with Gasteiger partial charge in [-0.25, -0.2) is 10.1 Å². The van der Waals surface area contributed by atoms with Crippen molar-refractivity contribution in [3.8, 4) is 22.7 Å². The molecule has 1 aliphatic carbocycles. The smallest absolute Gasteiger partial charge is 0.183 e. The Labute approximate surface area is 164 Å². The highest BCUT2D eigenvalue weighted by atomic mass is 16.3. The van der Waals surface area contributed by atoms with Gasteiger partial charge in [0.25, 0.3) is 0 Å². The van der Waals surface area contributed by atoms with Crippen molar-refractivity contribution in [3.63, 3.8) is 0 Å². The molecule has 3 aromatic rings. The molecule has 0 spiro atoms. The van der Waals surface area contributed by atoms with E-state index in [1.54, 1.807) is 0 Å². The average Bonchev–Trinajstić information content (AvgIpc) is 3.34. The van der Waals surface area contributed by atoms with Crippen molar-refractivity contribution < 1.29 is 4.42 Å². The summed E-state index contributed by atoms with van der Waals surface area (Å²) in [5.74, 6) is 3.48. The topological polar surface area (TPSA) is 83.7 Å². The number of pyridine rings is 1. The van der Waals surface area contributed by atoms with Crippen molar-refractivity contribution in [1.82, 2.24) is 25.6 Å². The van der Waals surface area contributed by atoms with Crippen molar-refractivity contribution in [2.24, 2.45) is 0 Å². The summed E-state index contributed by atoms with van der Waals surface area (Å²) in [5, 5.41) is 15.0. The second-order valence-corrected chi connectivity index (χ2v) is 7.88. The third-order valence-corrected chi connectivity index (χ3v) is 5.93. The van der Waals surface area contributed by atoms with E-state index in [0.717, 1.165) is 54.4 Å². The maximum absolute atomic E-state index is 6.13. The van der Waals surface area contributed by atoms with E-state index in [9.17, 15) is 0 Å². The molecule has 1 N–H and O–H groups in total. The van der Waals surface area contributed by atoms with Gasteiger partial charge in [0.15, 0.2) is 5.82 Å². The third kappa shape index (κ3) is 3.08. The van der Waals surface area contributed by atoms with Crippen molar-refractivity contribution in [2.75, 3.05) is 18.0 Å². The van der Waals surface area contributed by atoms with Gasteiger partial charge in [-0.1, -0.05) is 6.42 Å². The molecule has 0 aromatic carbocycles. The first-order valence-electron chi connectivity index (χ1n) is 10.4. The van der Waals surface area contributed by atoms with E-state index in [1.807, 2.05) is 13.0 Å². The fourth-order valence-corrected chi connectivity index (χ4v) is 4.57. The number of furan rings is 1. The lowest BCUT2D eigenvalue weighted by atomic mass is 9.93. The minimum absolute atomic E-state index is 0.671. The third-order valence-electron chi connectivity index (χ3n) is 5.93. The molecule has 0 unspecified atom stereocenters. The molecule has 28 heavy (non-hydrogen) atoms. The molecule has 1 saturated heterocycles. The summed E-state index contributed by atoms with van der Waals surface area (Å²) in [7, 11) is 0. The van der Waals surface area contributed by atoms with Crippen LogP contribution in [-0.4, -0.2) is 38.7 Å². The standard InChI is InChI=1S/C21H26N6O/c1-14-10-11-17(28-14)18-15-8-4-2-5-9-16(15)22-21(27-12-6-3-7-13-27)19(18)20-23-25-26-24-20/h10-11H,2-9,12-13H2,1H3,(H,23,24,25,26). The van der Waals surface area contributed by atoms with E-state index in [-0.39, 0.29) is 0 Å². The summed E-state index contributed by atoms with van der Waals surface area (Å²) < 4.78 is 6.13. The van der Waals surface area contributed by atoms with Crippen molar-refractivity contribution in [1.29, 1.82) is 0 Å². The summed E-state index contributed by atoms with van der Waals surface area (Å²) in [4.78, 5) is 7.62. The minimum Gasteiger partial charge on any atom is -0.461 e. The molecule has 2 aliphatic rings. The van der Waals surface area contributed by atoms with E-state index in [4.69, 9.17) is 9.40 Å². The molecule has 4 heterocycles. The molecule has 0 saturated carbocycles. The van der Waals surface area contributed by atoms with Gasteiger partial charge in [-0.05, 0) is 80.0 Å². The van der Waals surface area contributed by atoms with Crippen LogP contribution < -0.4 is 4.90 Å². The maximum atomic E-state index is 6.13. The maximum Gasteiger partial charge on any atom is 0.183 e. The van der Waals surface area contributed by atoms with Crippen LogP contribution in [0.25, 0.3) is 22.7 Å². The van der Waals surface area contributed by atoms with Gasteiger partial charge < -0.3 is 9.32 Å². The number of fused-ring (bicyclic) bond motifs is 1. The van der Waals surface area contributed by atoms with Crippen LogP contribution in [0.15, 0.2) is 16.5 Å². The van der Waals surface area contributed by atoms with Gasteiger partial charge in [0.2, 0.25) is 0 Å². The number of aromatic amines is 1. The van der Waals surface area contributed by atoms with Crippen LogP contribution in [0.3, 0.4) is 0 Å². The minimum atomic E-state index is 0.671. The van der Waals surface area contributed by atoms with Gasteiger partial charge in [0.05, 0.1) is 5.56 Å². The second kappa shape index (κ2) is 7.37. The number of tetrazole rings is 1. The lowest BCUT2D eigenvalue weighted by molar-refractivity contribution is 0.547. The Bertz CT molecular complexity index is 956. The van der Waals surface area contributed by atoms with Gasteiger partial charge in [-0.2, -0.15) is 0 Å². The molecule has 3 aromatic heterocycles. The molecule has 7 nitrogen and oxygen atoms in total. The number of rotatable bonds is 3. The van der Waals surface area contributed by atoms with Gasteiger partial charge in [0, 0.05) is 24.3 Å². The number of H-pyrrole nitrogens is 1. The van der Waals surface area contributed by atoms with Gasteiger partial charge in [0.1, 0.15) is 17.3 Å². The Hall–Kier alpha value is -2.70. The first-order valence-corrected chi connectivity index (χ1v) is 10.4. The number of nitrogens with one attached hydrogen (secondary N) is 1. The lowest BCUT2D eigenvalue weighted by Crippen LogP contribution is -2.31. The van der Waals surface area contributed by atoms with E-state index in [1.165, 1.54) is 49.8 Å². The Kier molecular flexibility index (Phi) is 4.58. The lowest BCUT2D eigenvalue weighted by Gasteiger charge is -2.31. The number of piperidine rings is 1. The van der Waals surface area contributed by atoms with E-state index in [0.29, 0.717) is 5.82 Å². The number of nitrogens with zero attached hydrogens (tertiary/aromatic N) is 5. The largest absolute Gasteiger partial charge is 0.461 e. The molecule has 146 valence electrons. The Morgan fingerprint density at radius 3 is 2.54 bits per heavy atom. The summed E-state index contributed by atoms with van der Waals surface area (Å²) in [6.07, 6.45) is 9.34. The number of aryl methyl sites for hydroxylation is 2. The first-order chi connectivity index (χ1) is 13.8. The molecule has 0 amide bonds. The van der Waals surface area contributed by atoms with Crippen molar-refractivity contribution in [3.05, 3.63) is 29.2 Å². The Morgan fingerprint density at radius 1 is 0.964 bits per heavy atom. The SMILES string of the molecule is Cc1ccc(-c2c3c(nc(N4CCCCC4)c2-c2nnn[nH]2)CCCCC3)o1.